The predicted molar refractivity (Wildman–Crippen MR) is 101 cm³/mol. The van der Waals surface area contributed by atoms with E-state index in [0.717, 1.165) is 50.8 Å². The van der Waals surface area contributed by atoms with Crippen molar-refractivity contribution in [3.05, 3.63) is 17.5 Å². The van der Waals surface area contributed by atoms with Gasteiger partial charge >= 0.3 is 5.97 Å². The van der Waals surface area contributed by atoms with Crippen LogP contribution < -0.4 is 0 Å². The summed E-state index contributed by atoms with van der Waals surface area (Å²) >= 11 is 0. The number of carbonyl (C=O) groups is 1. The number of ether oxygens (including phenoxy) is 3. The minimum absolute atomic E-state index is 0.231. The van der Waals surface area contributed by atoms with E-state index in [-0.39, 0.29) is 5.97 Å². The zero-order valence-corrected chi connectivity index (χ0v) is 16.6. The molecule has 27 heavy (non-hydrogen) atoms. The van der Waals surface area contributed by atoms with Gasteiger partial charge < -0.3 is 14.2 Å². The lowest BCUT2D eigenvalue weighted by molar-refractivity contribution is -0.215. The van der Waals surface area contributed by atoms with E-state index in [1.807, 2.05) is 4.68 Å². The number of esters is 1. The zero-order valence-electron chi connectivity index (χ0n) is 16.6. The van der Waals surface area contributed by atoms with Gasteiger partial charge in [-0.3, -0.25) is 4.68 Å². The van der Waals surface area contributed by atoms with E-state index >= 15 is 0 Å². The van der Waals surface area contributed by atoms with Crippen LogP contribution in [-0.2, 0) is 20.8 Å². The summed E-state index contributed by atoms with van der Waals surface area (Å²) in [5, 5.41) is 4.47. The Morgan fingerprint density at radius 3 is 2.78 bits per heavy atom. The van der Waals surface area contributed by atoms with Gasteiger partial charge in [-0.05, 0) is 38.0 Å². The normalized spacial score (nSPS) is 24.6. The number of hydrogen-bond acceptors (Lipinski definition) is 5. The largest absolute Gasteiger partial charge is 0.462 e. The van der Waals surface area contributed by atoms with Crippen LogP contribution in [0.15, 0.2) is 6.20 Å². The number of aromatic nitrogens is 2. The molecule has 2 heterocycles. The molecular formula is C21H32N2O4. The summed E-state index contributed by atoms with van der Waals surface area (Å²) in [7, 11) is 0. The molecule has 1 aromatic rings. The van der Waals surface area contributed by atoms with Crippen molar-refractivity contribution >= 4 is 5.97 Å². The highest BCUT2D eigenvalue weighted by atomic mass is 16.7. The topological polar surface area (TPSA) is 62.6 Å². The minimum Gasteiger partial charge on any atom is -0.462 e. The second-order valence-electron chi connectivity index (χ2n) is 8.67. The van der Waals surface area contributed by atoms with E-state index in [2.05, 4.69) is 18.9 Å². The summed E-state index contributed by atoms with van der Waals surface area (Å²) in [6, 6.07) is 0. The molecule has 6 nitrogen and oxygen atoms in total. The van der Waals surface area contributed by atoms with E-state index in [0.29, 0.717) is 43.1 Å². The van der Waals surface area contributed by atoms with Crippen LogP contribution in [0.1, 0.15) is 80.8 Å². The molecule has 150 valence electrons. The molecule has 1 atom stereocenters. The monoisotopic (exact) mass is 376 g/mol. The zero-order chi connectivity index (χ0) is 18.9. The summed E-state index contributed by atoms with van der Waals surface area (Å²) in [6.45, 7) is 6.95. The number of nitrogens with zero attached hydrogens (tertiary/aromatic N) is 2. The van der Waals surface area contributed by atoms with Crippen molar-refractivity contribution in [2.75, 3.05) is 19.8 Å². The number of carbonyl (C=O) groups excluding carboxylic acids is 1. The van der Waals surface area contributed by atoms with Crippen LogP contribution >= 0.6 is 0 Å². The second-order valence-corrected chi connectivity index (χ2v) is 8.67. The summed E-state index contributed by atoms with van der Waals surface area (Å²) < 4.78 is 19.6. The molecule has 1 saturated heterocycles. The molecule has 1 aliphatic heterocycles. The molecule has 0 amide bonds. The van der Waals surface area contributed by atoms with Gasteiger partial charge in [-0.15, -0.1) is 0 Å². The minimum atomic E-state index is -0.425. The van der Waals surface area contributed by atoms with Crippen LogP contribution in [0.25, 0.3) is 0 Å². The Morgan fingerprint density at radius 2 is 2.07 bits per heavy atom. The molecular weight excluding hydrogens is 344 g/mol. The van der Waals surface area contributed by atoms with Crippen molar-refractivity contribution in [2.45, 2.75) is 77.0 Å². The highest BCUT2D eigenvalue weighted by molar-refractivity contribution is 5.90. The lowest BCUT2D eigenvalue weighted by atomic mass is 9.81. The average Bonchev–Trinajstić information content (AvgIpc) is 3.23. The Balaban J connectivity index is 1.36. The van der Waals surface area contributed by atoms with Crippen molar-refractivity contribution in [3.63, 3.8) is 0 Å². The van der Waals surface area contributed by atoms with Crippen LogP contribution in [-0.4, -0.2) is 41.4 Å². The lowest BCUT2D eigenvalue weighted by Crippen LogP contribution is -2.42. The second kappa shape index (κ2) is 7.92. The smallest absolute Gasteiger partial charge is 0.341 e. The maximum atomic E-state index is 12.7. The highest BCUT2D eigenvalue weighted by Gasteiger charge is 2.45. The molecule has 4 rings (SSSR count). The van der Waals surface area contributed by atoms with Crippen molar-refractivity contribution < 1.29 is 19.0 Å². The summed E-state index contributed by atoms with van der Waals surface area (Å²) in [4.78, 5) is 12.7. The first-order valence-corrected chi connectivity index (χ1v) is 10.6. The van der Waals surface area contributed by atoms with E-state index in [4.69, 9.17) is 14.2 Å². The average molecular weight is 376 g/mol. The Kier molecular flexibility index (Phi) is 5.55. The standard InChI is InChI=1S/C21H32N2O4/c1-15(2)14-23-19(16-6-7-16)18(13-22-23)20(24)25-10-8-17-5-3-4-9-21(17)26-11-12-27-21/h13,15-17H,3-12,14H2,1-2H3. The van der Waals surface area contributed by atoms with Crippen molar-refractivity contribution in [2.24, 2.45) is 11.8 Å². The molecule has 0 radical (unpaired) electrons. The molecule has 2 aliphatic carbocycles. The van der Waals surface area contributed by atoms with Gasteiger partial charge in [0.1, 0.15) is 5.56 Å². The van der Waals surface area contributed by atoms with Gasteiger partial charge in [0.25, 0.3) is 0 Å². The number of rotatable bonds is 7. The molecule has 1 unspecified atom stereocenters. The molecule has 0 aromatic carbocycles. The lowest BCUT2D eigenvalue weighted by Gasteiger charge is -2.39. The SMILES string of the molecule is CC(C)Cn1ncc(C(=O)OCCC2CCCCC23OCCO3)c1C1CC1. The Morgan fingerprint density at radius 1 is 1.30 bits per heavy atom. The molecule has 2 saturated carbocycles. The Bertz CT molecular complexity index is 659. The van der Waals surface area contributed by atoms with E-state index < -0.39 is 5.79 Å². The summed E-state index contributed by atoms with van der Waals surface area (Å²) in [5.74, 6) is 0.625. The molecule has 1 aromatic heterocycles. The van der Waals surface area contributed by atoms with E-state index in [9.17, 15) is 4.79 Å². The van der Waals surface area contributed by atoms with Gasteiger partial charge in [0.05, 0.1) is 31.7 Å². The van der Waals surface area contributed by atoms with E-state index in [1.165, 1.54) is 6.42 Å². The Labute approximate surface area is 161 Å². The maximum Gasteiger partial charge on any atom is 0.341 e. The first-order valence-electron chi connectivity index (χ1n) is 10.6. The van der Waals surface area contributed by atoms with Crippen LogP contribution in [0.5, 0.6) is 0 Å². The fraction of sp³-hybridized carbons (Fsp3) is 0.810. The van der Waals surface area contributed by atoms with Crippen LogP contribution in [0.2, 0.25) is 0 Å². The first-order chi connectivity index (χ1) is 13.1. The van der Waals surface area contributed by atoms with Crippen LogP contribution in [0, 0.1) is 11.8 Å². The molecule has 0 N–H and O–H groups in total. The van der Waals surface area contributed by atoms with Gasteiger partial charge in [0.2, 0.25) is 0 Å². The third-order valence-electron chi connectivity index (χ3n) is 6.03. The van der Waals surface area contributed by atoms with Gasteiger partial charge in [-0.2, -0.15) is 5.10 Å². The van der Waals surface area contributed by atoms with Gasteiger partial charge in [-0.1, -0.05) is 20.3 Å². The van der Waals surface area contributed by atoms with Crippen molar-refractivity contribution in [1.29, 1.82) is 0 Å². The fourth-order valence-corrected chi connectivity index (χ4v) is 4.60. The van der Waals surface area contributed by atoms with Crippen molar-refractivity contribution in [1.82, 2.24) is 9.78 Å². The van der Waals surface area contributed by atoms with Gasteiger partial charge in [-0.25, -0.2) is 4.79 Å². The van der Waals surface area contributed by atoms with Crippen LogP contribution in [0.3, 0.4) is 0 Å². The quantitative estimate of drug-likeness (QED) is 0.676. The fourth-order valence-electron chi connectivity index (χ4n) is 4.60. The van der Waals surface area contributed by atoms with Crippen LogP contribution in [0.4, 0.5) is 0 Å². The third-order valence-corrected chi connectivity index (χ3v) is 6.03. The highest BCUT2D eigenvalue weighted by Crippen LogP contribution is 2.43. The Hall–Kier alpha value is -1.40. The number of hydrogen-bond donors (Lipinski definition) is 0. The molecule has 6 heteroatoms. The van der Waals surface area contributed by atoms with Crippen molar-refractivity contribution in [3.8, 4) is 0 Å². The summed E-state index contributed by atoms with van der Waals surface area (Å²) in [5.41, 5.74) is 1.73. The third kappa shape index (κ3) is 4.06. The summed E-state index contributed by atoms with van der Waals surface area (Å²) in [6.07, 6.45) is 9.16. The predicted octanol–water partition coefficient (Wildman–Crippen LogP) is 3.90. The van der Waals surface area contributed by atoms with Gasteiger partial charge in [0, 0.05) is 24.8 Å². The molecule has 3 aliphatic rings. The molecule has 1 spiro atoms. The molecule has 0 bridgehead atoms. The van der Waals surface area contributed by atoms with Gasteiger partial charge in [0.15, 0.2) is 5.79 Å². The first kappa shape index (κ1) is 18.9. The maximum absolute atomic E-state index is 12.7. The van der Waals surface area contributed by atoms with E-state index in [1.54, 1.807) is 6.20 Å². The molecule has 3 fully saturated rings.